The number of benzene rings is 2. The van der Waals surface area contributed by atoms with Crippen LogP contribution in [0.15, 0.2) is 46.2 Å². The van der Waals surface area contributed by atoms with E-state index in [-0.39, 0.29) is 59.1 Å². The number of aliphatic carboxylic acids is 2. The Bertz CT molecular complexity index is 1460. The van der Waals surface area contributed by atoms with Gasteiger partial charge in [-0.15, -0.1) is 0 Å². The molecule has 4 rings (SSSR count). The molecule has 2 saturated heterocycles. The van der Waals surface area contributed by atoms with Gasteiger partial charge in [0.1, 0.15) is 11.8 Å². The molecular weight excluding hydrogens is 690 g/mol. The summed E-state index contributed by atoms with van der Waals surface area (Å²) in [5.41, 5.74) is 0.914. The van der Waals surface area contributed by atoms with Crippen LogP contribution in [0.4, 0.5) is 0 Å². The fourth-order valence-electron chi connectivity index (χ4n) is 4.92. The zero-order chi connectivity index (χ0) is 33.0. The van der Waals surface area contributed by atoms with Gasteiger partial charge in [-0.1, -0.05) is 70.3 Å². The Morgan fingerprint density at radius 1 is 0.667 bits per heavy atom. The minimum absolute atomic E-state index is 0.103. The third-order valence-electron chi connectivity index (χ3n) is 7.59. The van der Waals surface area contributed by atoms with Crippen molar-refractivity contribution in [2.45, 2.75) is 34.8 Å². The molecule has 0 aliphatic carbocycles. The molecule has 2 aliphatic rings. The van der Waals surface area contributed by atoms with Crippen molar-refractivity contribution in [3.05, 3.63) is 67.6 Å². The summed E-state index contributed by atoms with van der Waals surface area (Å²) in [6, 6.07) is 6.70. The van der Waals surface area contributed by atoms with Crippen LogP contribution in [-0.4, -0.2) is 92.4 Å². The SMILES string of the molecule is O=C(O)C1CN(C(=O)/C=C/c2ccc(Sc3ccc(/C=C/C(=O)N4CCC(O)C(C(=O)O)C4)c(Cl)c3Cl)c(Cl)c2Cl)CCC1O. The Morgan fingerprint density at radius 3 is 1.40 bits per heavy atom. The van der Waals surface area contributed by atoms with Gasteiger partial charge in [0.25, 0.3) is 0 Å². The van der Waals surface area contributed by atoms with Crippen molar-refractivity contribution in [1.82, 2.24) is 9.80 Å². The summed E-state index contributed by atoms with van der Waals surface area (Å²) in [5, 5.41) is 39.1. The molecule has 2 heterocycles. The van der Waals surface area contributed by atoms with Crippen molar-refractivity contribution in [2.75, 3.05) is 26.2 Å². The van der Waals surface area contributed by atoms with Crippen molar-refractivity contribution in [3.8, 4) is 0 Å². The molecule has 0 radical (unpaired) electrons. The molecular formula is C30H28Cl4N2O8S. The Labute approximate surface area is 282 Å². The van der Waals surface area contributed by atoms with Gasteiger partial charge >= 0.3 is 11.9 Å². The predicted molar refractivity (Wildman–Crippen MR) is 172 cm³/mol. The number of likely N-dealkylation sites (tertiary alicyclic amines) is 2. The molecule has 0 aromatic heterocycles. The number of carbonyl (C=O) groups excluding carboxylic acids is 2. The molecule has 15 heteroatoms. The molecule has 2 aliphatic heterocycles. The maximum Gasteiger partial charge on any atom is 0.310 e. The number of nitrogens with zero attached hydrogens (tertiary/aromatic N) is 2. The molecule has 4 N–H and O–H groups in total. The highest BCUT2D eigenvalue weighted by molar-refractivity contribution is 7.99. The third-order valence-corrected chi connectivity index (χ3v) is 10.7. The number of piperidine rings is 2. The van der Waals surface area contributed by atoms with Crippen molar-refractivity contribution < 1.29 is 39.6 Å². The third kappa shape index (κ3) is 8.34. The molecule has 2 fully saturated rings. The first-order chi connectivity index (χ1) is 21.3. The summed E-state index contributed by atoms with van der Waals surface area (Å²) in [5.74, 6) is -5.28. The van der Waals surface area contributed by atoms with Gasteiger partial charge in [-0.05, 0) is 48.3 Å². The van der Waals surface area contributed by atoms with E-state index in [1.165, 1.54) is 45.9 Å². The largest absolute Gasteiger partial charge is 0.481 e. The summed E-state index contributed by atoms with van der Waals surface area (Å²) < 4.78 is 0. The Morgan fingerprint density at radius 2 is 1.04 bits per heavy atom. The van der Waals surface area contributed by atoms with Crippen molar-refractivity contribution in [1.29, 1.82) is 0 Å². The second-order valence-electron chi connectivity index (χ2n) is 10.5. The first-order valence-corrected chi connectivity index (χ1v) is 16.0. The van der Waals surface area contributed by atoms with Crippen LogP contribution in [0.5, 0.6) is 0 Å². The number of aliphatic hydroxyl groups is 2. The van der Waals surface area contributed by atoms with E-state index in [9.17, 15) is 39.6 Å². The lowest BCUT2D eigenvalue weighted by Gasteiger charge is -2.33. The highest BCUT2D eigenvalue weighted by Crippen LogP contribution is 2.44. The van der Waals surface area contributed by atoms with Gasteiger partial charge in [-0.3, -0.25) is 19.2 Å². The van der Waals surface area contributed by atoms with Gasteiger partial charge in [-0.2, -0.15) is 0 Å². The average molecular weight is 718 g/mol. The van der Waals surface area contributed by atoms with Crippen LogP contribution in [0.25, 0.3) is 12.2 Å². The number of hydrogen-bond donors (Lipinski definition) is 4. The standard InChI is InChI=1S/C30H28Cl4N2O8S/c31-25-15(3-7-23(39)35-11-9-19(37)17(13-35)29(41)42)1-5-21(27(25)33)45-22-6-2-16(26(32)28(22)34)4-8-24(40)36-12-10-20(38)18(14-36)30(43)44/h1-8,17-20,37-38H,9-14H2,(H,41,42)(H,43,44)/b7-3+,8-4+. The van der Waals surface area contributed by atoms with Crippen LogP contribution in [0.3, 0.4) is 0 Å². The predicted octanol–water partition coefficient (Wildman–Crippen LogP) is 5.07. The fraction of sp³-hybridized carbons (Fsp3) is 0.333. The van der Waals surface area contributed by atoms with Gasteiger partial charge in [0.05, 0.1) is 32.3 Å². The number of hydrogen-bond acceptors (Lipinski definition) is 7. The molecule has 10 nitrogen and oxygen atoms in total. The lowest BCUT2D eigenvalue weighted by molar-refractivity contribution is -0.152. The maximum atomic E-state index is 12.7. The van der Waals surface area contributed by atoms with Crippen LogP contribution >= 0.6 is 58.2 Å². The molecule has 0 bridgehead atoms. The normalized spacial score (nSPS) is 22.3. The van der Waals surface area contributed by atoms with E-state index >= 15 is 0 Å². The van der Waals surface area contributed by atoms with Crippen molar-refractivity contribution >= 4 is 94.1 Å². The summed E-state index contributed by atoms with van der Waals surface area (Å²) in [4.78, 5) is 51.8. The lowest BCUT2D eigenvalue weighted by atomic mass is 9.95. The number of carboxylic acids is 2. The average Bonchev–Trinajstić information content (AvgIpc) is 3.00. The number of aliphatic hydroxyl groups excluding tert-OH is 2. The van der Waals surface area contributed by atoms with E-state index in [1.54, 1.807) is 24.3 Å². The quantitative estimate of drug-likeness (QED) is 0.274. The van der Waals surface area contributed by atoms with E-state index in [0.29, 0.717) is 20.9 Å². The van der Waals surface area contributed by atoms with Gasteiger partial charge in [0, 0.05) is 48.1 Å². The van der Waals surface area contributed by atoms with Gasteiger partial charge in [0.2, 0.25) is 11.8 Å². The maximum absolute atomic E-state index is 12.7. The first-order valence-electron chi connectivity index (χ1n) is 13.7. The Kier molecular flexibility index (Phi) is 11.9. The van der Waals surface area contributed by atoms with Crippen LogP contribution < -0.4 is 0 Å². The minimum atomic E-state index is -1.16. The van der Waals surface area contributed by atoms with E-state index in [0.717, 1.165) is 0 Å². The zero-order valence-corrected chi connectivity index (χ0v) is 27.2. The molecule has 2 amide bonds. The number of rotatable bonds is 8. The molecule has 45 heavy (non-hydrogen) atoms. The number of amides is 2. The van der Waals surface area contributed by atoms with Crippen LogP contribution in [0, 0.1) is 11.8 Å². The van der Waals surface area contributed by atoms with Gasteiger partial charge < -0.3 is 30.2 Å². The molecule has 0 saturated carbocycles. The molecule has 4 atom stereocenters. The monoisotopic (exact) mass is 716 g/mol. The molecule has 2 aromatic rings. The van der Waals surface area contributed by atoms with E-state index in [2.05, 4.69) is 0 Å². The molecule has 4 unspecified atom stereocenters. The summed E-state index contributed by atoms with van der Waals surface area (Å²) in [6.45, 7) is 0.245. The summed E-state index contributed by atoms with van der Waals surface area (Å²) in [7, 11) is 0. The topological polar surface area (TPSA) is 156 Å². The lowest BCUT2D eigenvalue weighted by Crippen LogP contribution is -2.48. The fourth-order valence-corrected chi connectivity index (χ4v) is 6.96. The second-order valence-corrected chi connectivity index (χ2v) is 13.1. The Hall–Kier alpha value is -2.77. The minimum Gasteiger partial charge on any atom is -0.481 e. The van der Waals surface area contributed by atoms with Crippen molar-refractivity contribution in [2.24, 2.45) is 11.8 Å². The van der Waals surface area contributed by atoms with Crippen molar-refractivity contribution in [3.63, 3.8) is 0 Å². The smallest absolute Gasteiger partial charge is 0.310 e. The van der Waals surface area contributed by atoms with E-state index in [1.807, 2.05) is 0 Å². The zero-order valence-electron chi connectivity index (χ0n) is 23.4. The Balaban J connectivity index is 1.43. The summed E-state index contributed by atoms with van der Waals surface area (Å²) >= 11 is 27.3. The molecule has 0 spiro atoms. The number of halogens is 4. The van der Waals surface area contributed by atoms with Gasteiger partial charge in [0.15, 0.2) is 0 Å². The van der Waals surface area contributed by atoms with Crippen LogP contribution in [-0.2, 0) is 19.2 Å². The van der Waals surface area contributed by atoms with E-state index < -0.39 is 47.8 Å². The highest BCUT2D eigenvalue weighted by Gasteiger charge is 2.35. The van der Waals surface area contributed by atoms with Crippen LogP contribution in [0.1, 0.15) is 24.0 Å². The number of carbonyl (C=O) groups is 4. The highest BCUT2D eigenvalue weighted by atomic mass is 35.5. The molecule has 240 valence electrons. The second kappa shape index (κ2) is 15.2. The summed E-state index contributed by atoms with van der Waals surface area (Å²) in [6.07, 6.45) is 3.81. The first kappa shape index (κ1) is 35.1. The number of carboxylic acid groups (broad SMARTS) is 2. The van der Waals surface area contributed by atoms with E-state index in [4.69, 9.17) is 46.4 Å². The van der Waals surface area contributed by atoms with Crippen LogP contribution in [0.2, 0.25) is 20.1 Å². The molecule has 2 aromatic carbocycles. The van der Waals surface area contributed by atoms with Gasteiger partial charge in [-0.25, -0.2) is 0 Å².